The molecule has 0 aliphatic heterocycles. The zero-order valence-electron chi connectivity index (χ0n) is 9.43. The molecule has 0 aromatic rings. The van der Waals surface area contributed by atoms with E-state index in [-0.39, 0.29) is 0 Å². The van der Waals surface area contributed by atoms with Crippen molar-refractivity contribution in [3.05, 3.63) is 0 Å². The second-order valence-corrected chi connectivity index (χ2v) is 4.27. The molecule has 0 rings (SSSR count). The fraction of sp³-hybridized carbons (Fsp3) is 1.00. The van der Waals surface area contributed by atoms with Gasteiger partial charge in [-0.15, -0.1) is 0 Å². The third-order valence-electron chi connectivity index (χ3n) is 2.54. The number of unbranched alkanes of at least 4 members (excludes halogenated alkanes) is 2. The minimum Gasteiger partial charge on any atom is -0.306 e. The predicted octanol–water partition coefficient (Wildman–Crippen LogP) is 3.15. The lowest BCUT2D eigenvalue weighted by atomic mass is 9.97. The van der Waals surface area contributed by atoms with E-state index in [1.54, 1.807) is 0 Å². The Hall–Kier alpha value is -0.0400. The van der Waals surface area contributed by atoms with E-state index in [9.17, 15) is 0 Å². The molecule has 1 nitrogen and oxygen atoms in total. The number of hydrogen-bond donors (Lipinski definition) is 0. The van der Waals surface area contributed by atoms with Crippen LogP contribution < -0.4 is 0 Å². The molecule has 0 saturated heterocycles. The quantitative estimate of drug-likeness (QED) is 0.555. The smallest absolute Gasteiger partial charge is 0.0112 e. The Balaban J connectivity index is 3.64. The van der Waals surface area contributed by atoms with Crippen LogP contribution in [0.2, 0.25) is 0 Å². The van der Waals surface area contributed by atoms with Crippen LogP contribution in [0.3, 0.4) is 0 Å². The zero-order valence-corrected chi connectivity index (χ0v) is 9.43. The molecule has 0 fully saturated rings. The summed E-state index contributed by atoms with van der Waals surface area (Å²) >= 11 is 0. The van der Waals surface area contributed by atoms with Crippen molar-refractivity contribution < 1.29 is 0 Å². The molecule has 0 aliphatic carbocycles. The van der Waals surface area contributed by atoms with Gasteiger partial charge in [0, 0.05) is 6.04 Å². The third-order valence-corrected chi connectivity index (χ3v) is 2.54. The molecule has 0 aliphatic rings. The first-order chi connectivity index (χ1) is 5.59. The minimum atomic E-state index is 0.775. The SMILES string of the molecule is CCCCCC(C(C)C)N(C)C. The fourth-order valence-electron chi connectivity index (χ4n) is 1.79. The van der Waals surface area contributed by atoms with Crippen molar-refractivity contribution in [3.8, 4) is 0 Å². The lowest BCUT2D eigenvalue weighted by Crippen LogP contribution is -2.32. The first-order valence-electron chi connectivity index (χ1n) is 5.26. The summed E-state index contributed by atoms with van der Waals surface area (Å²) in [5.41, 5.74) is 0. The van der Waals surface area contributed by atoms with Crippen LogP contribution >= 0.6 is 0 Å². The van der Waals surface area contributed by atoms with E-state index in [4.69, 9.17) is 0 Å². The monoisotopic (exact) mass is 171 g/mol. The first-order valence-corrected chi connectivity index (χ1v) is 5.26. The van der Waals surface area contributed by atoms with Gasteiger partial charge in [0.25, 0.3) is 0 Å². The molecule has 0 bridgehead atoms. The largest absolute Gasteiger partial charge is 0.306 e. The number of hydrogen-bond acceptors (Lipinski definition) is 1. The van der Waals surface area contributed by atoms with E-state index < -0.39 is 0 Å². The molecule has 12 heavy (non-hydrogen) atoms. The van der Waals surface area contributed by atoms with Crippen molar-refractivity contribution in [3.63, 3.8) is 0 Å². The van der Waals surface area contributed by atoms with E-state index in [1.807, 2.05) is 0 Å². The summed E-state index contributed by atoms with van der Waals surface area (Å²) in [5.74, 6) is 0.789. The standard InChI is InChI=1S/C11H25N/c1-6-7-8-9-11(10(2)3)12(4)5/h10-11H,6-9H2,1-5H3. The molecule has 1 atom stereocenters. The summed E-state index contributed by atoms with van der Waals surface area (Å²) < 4.78 is 0. The van der Waals surface area contributed by atoms with Crippen LogP contribution in [-0.2, 0) is 0 Å². The highest BCUT2D eigenvalue weighted by atomic mass is 15.1. The molecular weight excluding hydrogens is 146 g/mol. The molecule has 0 saturated carbocycles. The Labute approximate surface area is 78.1 Å². The van der Waals surface area contributed by atoms with Gasteiger partial charge in [0.05, 0.1) is 0 Å². The van der Waals surface area contributed by atoms with E-state index in [1.165, 1.54) is 25.7 Å². The molecule has 0 aromatic heterocycles. The van der Waals surface area contributed by atoms with E-state index in [2.05, 4.69) is 39.8 Å². The van der Waals surface area contributed by atoms with Gasteiger partial charge in [-0.3, -0.25) is 0 Å². The van der Waals surface area contributed by atoms with Gasteiger partial charge in [0.2, 0.25) is 0 Å². The summed E-state index contributed by atoms with van der Waals surface area (Å²) in [6.45, 7) is 6.90. The van der Waals surface area contributed by atoms with Crippen molar-refractivity contribution in [1.29, 1.82) is 0 Å². The summed E-state index contributed by atoms with van der Waals surface area (Å²) in [7, 11) is 4.38. The van der Waals surface area contributed by atoms with E-state index >= 15 is 0 Å². The highest BCUT2D eigenvalue weighted by Gasteiger charge is 2.14. The van der Waals surface area contributed by atoms with E-state index in [0.717, 1.165) is 12.0 Å². The first kappa shape index (κ1) is 12.0. The van der Waals surface area contributed by atoms with Crippen LogP contribution in [0.1, 0.15) is 46.5 Å². The highest BCUT2D eigenvalue weighted by Crippen LogP contribution is 2.15. The van der Waals surface area contributed by atoms with Crippen LogP contribution in [0.15, 0.2) is 0 Å². The van der Waals surface area contributed by atoms with Crippen LogP contribution in [0.4, 0.5) is 0 Å². The Morgan fingerprint density at radius 3 is 2.00 bits per heavy atom. The molecule has 0 radical (unpaired) electrons. The van der Waals surface area contributed by atoms with Gasteiger partial charge in [-0.2, -0.15) is 0 Å². The molecule has 1 heteroatoms. The van der Waals surface area contributed by atoms with Gasteiger partial charge in [-0.1, -0.05) is 40.0 Å². The van der Waals surface area contributed by atoms with Crippen molar-refractivity contribution >= 4 is 0 Å². The highest BCUT2D eigenvalue weighted by molar-refractivity contribution is 4.69. The maximum atomic E-state index is 2.36. The Morgan fingerprint density at radius 1 is 1.08 bits per heavy atom. The minimum absolute atomic E-state index is 0.775. The molecule has 0 N–H and O–H groups in total. The van der Waals surface area contributed by atoms with Gasteiger partial charge in [0.1, 0.15) is 0 Å². The summed E-state index contributed by atoms with van der Waals surface area (Å²) in [5, 5.41) is 0. The molecule has 0 heterocycles. The normalized spacial score (nSPS) is 14.2. The third kappa shape index (κ3) is 4.76. The molecule has 0 amide bonds. The number of rotatable bonds is 6. The lowest BCUT2D eigenvalue weighted by molar-refractivity contribution is 0.214. The van der Waals surface area contributed by atoms with Gasteiger partial charge >= 0.3 is 0 Å². The topological polar surface area (TPSA) is 3.24 Å². The van der Waals surface area contributed by atoms with Crippen molar-refractivity contribution in [2.24, 2.45) is 5.92 Å². The van der Waals surface area contributed by atoms with Gasteiger partial charge in [0.15, 0.2) is 0 Å². The average molecular weight is 171 g/mol. The van der Waals surface area contributed by atoms with Gasteiger partial charge < -0.3 is 4.90 Å². The second-order valence-electron chi connectivity index (χ2n) is 4.27. The maximum Gasteiger partial charge on any atom is 0.0112 e. The number of nitrogens with zero attached hydrogens (tertiary/aromatic N) is 1. The van der Waals surface area contributed by atoms with Crippen LogP contribution in [-0.4, -0.2) is 25.0 Å². The Kier molecular flexibility index (Phi) is 6.45. The molecule has 0 spiro atoms. The molecule has 74 valence electrons. The molecule has 0 aromatic carbocycles. The van der Waals surface area contributed by atoms with Gasteiger partial charge in [-0.25, -0.2) is 0 Å². The lowest BCUT2D eigenvalue weighted by Gasteiger charge is -2.27. The molecule has 1 unspecified atom stereocenters. The van der Waals surface area contributed by atoms with Crippen LogP contribution in [0, 0.1) is 5.92 Å². The molecular formula is C11H25N. The zero-order chi connectivity index (χ0) is 9.56. The van der Waals surface area contributed by atoms with Crippen molar-refractivity contribution in [2.45, 2.75) is 52.5 Å². The Bertz CT molecular complexity index is 89.2. The van der Waals surface area contributed by atoms with Crippen LogP contribution in [0.25, 0.3) is 0 Å². The second kappa shape index (κ2) is 6.47. The summed E-state index contributed by atoms with van der Waals surface area (Å²) in [6, 6.07) is 0.775. The summed E-state index contributed by atoms with van der Waals surface area (Å²) in [6.07, 6.45) is 5.46. The van der Waals surface area contributed by atoms with Crippen LogP contribution in [0.5, 0.6) is 0 Å². The van der Waals surface area contributed by atoms with E-state index in [0.29, 0.717) is 0 Å². The fourth-order valence-corrected chi connectivity index (χ4v) is 1.79. The van der Waals surface area contributed by atoms with Gasteiger partial charge in [-0.05, 0) is 26.4 Å². The Morgan fingerprint density at radius 2 is 1.67 bits per heavy atom. The maximum absolute atomic E-state index is 2.36. The van der Waals surface area contributed by atoms with Crippen molar-refractivity contribution in [2.75, 3.05) is 14.1 Å². The van der Waals surface area contributed by atoms with Crippen molar-refractivity contribution in [1.82, 2.24) is 4.90 Å². The average Bonchev–Trinajstić information content (AvgIpc) is 1.96. The predicted molar refractivity (Wildman–Crippen MR) is 56.5 cm³/mol. The summed E-state index contributed by atoms with van der Waals surface area (Å²) in [4.78, 5) is 2.36.